The van der Waals surface area contributed by atoms with Crippen molar-refractivity contribution in [1.82, 2.24) is 9.62 Å². The topological polar surface area (TPSA) is 75.7 Å². The first kappa shape index (κ1) is 20.6. The quantitative estimate of drug-likeness (QED) is 0.742. The first-order valence-corrected chi connectivity index (χ1v) is 11.0. The van der Waals surface area contributed by atoms with Crippen LogP contribution in [0.25, 0.3) is 0 Å². The van der Waals surface area contributed by atoms with Crippen molar-refractivity contribution in [2.45, 2.75) is 30.7 Å². The SMILES string of the molecule is CC(NC(=O)COc1ccc(S(=O)(=O)N2CCCC2)cc1Cl)c1ccccc1. The van der Waals surface area contributed by atoms with Crippen LogP contribution in [0.15, 0.2) is 53.4 Å². The van der Waals surface area contributed by atoms with E-state index in [2.05, 4.69) is 5.32 Å². The number of hydrogen-bond acceptors (Lipinski definition) is 4. The third-order valence-electron chi connectivity index (χ3n) is 4.64. The van der Waals surface area contributed by atoms with Crippen molar-refractivity contribution in [3.05, 3.63) is 59.1 Å². The summed E-state index contributed by atoms with van der Waals surface area (Å²) in [4.78, 5) is 12.3. The fourth-order valence-corrected chi connectivity index (χ4v) is 4.93. The maximum atomic E-state index is 12.6. The van der Waals surface area contributed by atoms with E-state index in [0.29, 0.717) is 13.1 Å². The van der Waals surface area contributed by atoms with Crippen LogP contribution in [0.4, 0.5) is 0 Å². The van der Waals surface area contributed by atoms with Gasteiger partial charge in [0.1, 0.15) is 5.75 Å². The van der Waals surface area contributed by atoms with Crippen LogP contribution in [0.1, 0.15) is 31.4 Å². The summed E-state index contributed by atoms with van der Waals surface area (Å²) in [6, 6.07) is 13.8. The van der Waals surface area contributed by atoms with Crippen LogP contribution in [-0.2, 0) is 14.8 Å². The Labute approximate surface area is 170 Å². The Morgan fingerprint density at radius 3 is 2.50 bits per heavy atom. The summed E-state index contributed by atoms with van der Waals surface area (Å²) < 4.78 is 32.1. The summed E-state index contributed by atoms with van der Waals surface area (Å²) in [5, 5.41) is 3.01. The van der Waals surface area contributed by atoms with E-state index in [4.69, 9.17) is 16.3 Å². The molecule has 1 amide bonds. The molecule has 1 fully saturated rings. The summed E-state index contributed by atoms with van der Waals surface area (Å²) in [6.45, 7) is 2.73. The molecule has 0 spiro atoms. The highest BCUT2D eigenvalue weighted by molar-refractivity contribution is 7.89. The van der Waals surface area contributed by atoms with Crippen molar-refractivity contribution in [2.75, 3.05) is 19.7 Å². The molecule has 0 radical (unpaired) electrons. The molecule has 1 unspecified atom stereocenters. The van der Waals surface area contributed by atoms with Gasteiger partial charge in [-0.05, 0) is 43.5 Å². The van der Waals surface area contributed by atoms with E-state index in [9.17, 15) is 13.2 Å². The number of benzene rings is 2. The van der Waals surface area contributed by atoms with Gasteiger partial charge in [0.2, 0.25) is 10.0 Å². The molecule has 0 bridgehead atoms. The van der Waals surface area contributed by atoms with Crippen LogP contribution < -0.4 is 10.1 Å². The smallest absolute Gasteiger partial charge is 0.258 e. The largest absolute Gasteiger partial charge is 0.482 e. The molecule has 1 heterocycles. The highest BCUT2D eigenvalue weighted by Gasteiger charge is 2.27. The Kier molecular flexibility index (Phi) is 6.59. The van der Waals surface area contributed by atoms with Crippen molar-refractivity contribution in [1.29, 1.82) is 0 Å². The molecule has 1 aliphatic rings. The second kappa shape index (κ2) is 8.94. The van der Waals surface area contributed by atoms with Crippen molar-refractivity contribution in [2.24, 2.45) is 0 Å². The fourth-order valence-electron chi connectivity index (χ4n) is 3.09. The fraction of sp³-hybridized carbons (Fsp3) is 0.350. The predicted octanol–water partition coefficient (Wildman–Crippen LogP) is 3.38. The Morgan fingerprint density at radius 2 is 1.86 bits per heavy atom. The van der Waals surface area contributed by atoms with Crippen LogP contribution in [0.2, 0.25) is 5.02 Å². The van der Waals surface area contributed by atoms with Gasteiger partial charge in [0.15, 0.2) is 6.61 Å². The third kappa shape index (κ3) is 4.84. The Hall–Kier alpha value is -2.09. The summed E-state index contributed by atoms with van der Waals surface area (Å²) >= 11 is 6.19. The number of carbonyl (C=O) groups excluding carboxylic acids is 1. The first-order chi connectivity index (χ1) is 13.4. The van der Waals surface area contributed by atoms with Crippen LogP contribution in [0, 0.1) is 0 Å². The summed E-state index contributed by atoms with van der Waals surface area (Å²) in [7, 11) is -3.54. The molecular formula is C20H23ClN2O4S. The molecule has 1 N–H and O–H groups in total. The lowest BCUT2D eigenvalue weighted by molar-refractivity contribution is -0.123. The molecule has 0 aliphatic carbocycles. The highest BCUT2D eigenvalue weighted by atomic mass is 35.5. The Morgan fingerprint density at radius 1 is 1.18 bits per heavy atom. The molecular weight excluding hydrogens is 400 g/mol. The van der Waals surface area contributed by atoms with Gasteiger partial charge >= 0.3 is 0 Å². The Bertz CT molecular complexity index is 928. The molecule has 6 nitrogen and oxygen atoms in total. The lowest BCUT2D eigenvalue weighted by Gasteiger charge is -2.17. The number of nitrogens with zero attached hydrogens (tertiary/aromatic N) is 1. The first-order valence-electron chi connectivity index (χ1n) is 9.15. The van der Waals surface area contributed by atoms with Crippen molar-refractivity contribution in [3.63, 3.8) is 0 Å². The lowest BCUT2D eigenvalue weighted by Crippen LogP contribution is -2.31. The average Bonchev–Trinajstić information content (AvgIpc) is 3.23. The second-order valence-corrected chi connectivity index (χ2v) is 9.04. The normalized spacial score (nSPS) is 15.9. The number of sulfonamides is 1. The minimum Gasteiger partial charge on any atom is -0.482 e. The number of halogens is 1. The summed E-state index contributed by atoms with van der Waals surface area (Å²) in [5.74, 6) is -0.0225. The monoisotopic (exact) mass is 422 g/mol. The van der Waals surface area contributed by atoms with Crippen LogP contribution in [0.5, 0.6) is 5.75 Å². The van der Waals surface area contributed by atoms with Crippen LogP contribution in [0.3, 0.4) is 0 Å². The standard InChI is InChI=1S/C20H23ClN2O4S/c1-15(16-7-3-2-4-8-16)22-20(24)14-27-19-10-9-17(13-18(19)21)28(25,26)23-11-5-6-12-23/h2-4,7-10,13,15H,5-6,11-12,14H2,1H3,(H,22,24). The molecule has 2 aromatic carbocycles. The molecule has 0 saturated carbocycles. The van der Waals surface area contributed by atoms with E-state index in [1.807, 2.05) is 37.3 Å². The number of amides is 1. The number of rotatable bonds is 7. The van der Waals surface area contributed by atoms with Gasteiger partial charge < -0.3 is 10.1 Å². The molecule has 150 valence electrons. The van der Waals surface area contributed by atoms with E-state index in [1.54, 1.807) is 0 Å². The molecule has 2 aromatic rings. The van der Waals surface area contributed by atoms with E-state index >= 15 is 0 Å². The zero-order valence-electron chi connectivity index (χ0n) is 15.6. The molecule has 1 atom stereocenters. The molecule has 8 heteroatoms. The van der Waals surface area contributed by atoms with Crippen molar-refractivity contribution < 1.29 is 17.9 Å². The van der Waals surface area contributed by atoms with Crippen molar-refractivity contribution >= 4 is 27.5 Å². The second-order valence-electron chi connectivity index (χ2n) is 6.69. The van der Waals surface area contributed by atoms with Crippen molar-refractivity contribution in [3.8, 4) is 5.75 Å². The minimum absolute atomic E-state index is 0.133. The van der Waals surface area contributed by atoms with E-state index in [0.717, 1.165) is 18.4 Å². The number of hydrogen-bond donors (Lipinski definition) is 1. The predicted molar refractivity (Wildman–Crippen MR) is 108 cm³/mol. The molecule has 1 aliphatic heterocycles. The lowest BCUT2D eigenvalue weighted by atomic mass is 10.1. The van der Waals surface area contributed by atoms with E-state index < -0.39 is 10.0 Å². The summed E-state index contributed by atoms with van der Waals surface area (Å²) in [6.07, 6.45) is 1.73. The average molecular weight is 423 g/mol. The number of nitrogens with one attached hydrogen (secondary N) is 1. The van der Waals surface area contributed by atoms with E-state index in [-0.39, 0.29) is 34.2 Å². The van der Waals surface area contributed by atoms with Crippen LogP contribution in [-0.4, -0.2) is 38.3 Å². The maximum absolute atomic E-state index is 12.6. The zero-order valence-corrected chi connectivity index (χ0v) is 17.2. The molecule has 28 heavy (non-hydrogen) atoms. The Balaban J connectivity index is 1.60. The molecule has 1 saturated heterocycles. The van der Waals surface area contributed by atoms with Crippen LogP contribution >= 0.6 is 11.6 Å². The minimum atomic E-state index is -3.54. The van der Waals surface area contributed by atoms with Gasteiger partial charge in [-0.15, -0.1) is 0 Å². The highest BCUT2D eigenvalue weighted by Crippen LogP contribution is 2.29. The van der Waals surface area contributed by atoms with Gasteiger partial charge in [0.25, 0.3) is 5.91 Å². The van der Waals surface area contributed by atoms with Gasteiger partial charge in [0, 0.05) is 13.1 Å². The maximum Gasteiger partial charge on any atom is 0.258 e. The number of ether oxygens (including phenoxy) is 1. The molecule has 0 aromatic heterocycles. The number of carbonyl (C=O) groups is 1. The van der Waals surface area contributed by atoms with E-state index in [1.165, 1.54) is 22.5 Å². The van der Waals surface area contributed by atoms with Gasteiger partial charge in [0.05, 0.1) is 16.0 Å². The van der Waals surface area contributed by atoms with Gasteiger partial charge in [-0.2, -0.15) is 4.31 Å². The third-order valence-corrected chi connectivity index (χ3v) is 6.83. The summed E-state index contributed by atoms with van der Waals surface area (Å²) in [5.41, 5.74) is 0.991. The van der Waals surface area contributed by atoms with Gasteiger partial charge in [-0.1, -0.05) is 41.9 Å². The molecule has 3 rings (SSSR count). The van der Waals surface area contributed by atoms with Gasteiger partial charge in [-0.25, -0.2) is 8.42 Å². The zero-order chi connectivity index (χ0) is 20.1. The van der Waals surface area contributed by atoms with Gasteiger partial charge in [-0.3, -0.25) is 4.79 Å².